The number of rotatable bonds is 2. The lowest BCUT2D eigenvalue weighted by Gasteiger charge is -2.35. The van der Waals surface area contributed by atoms with Crippen LogP contribution < -0.4 is 5.32 Å². The Labute approximate surface area is 84.0 Å². The fourth-order valence-corrected chi connectivity index (χ4v) is 1.43. The van der Waals surface area contributed by atoms with Crippen LogP contribution >= 0.6 is 0 Å². The summed E-state index contributed by atoms with van der Waals surface area (Å²) in [6.45, 7) is 7.33. The first-order chi connectivity index (χ1) is 6.35. The Morgan fingerprint density at radius 2 is 2.07 bits per heavy atom. The first-order valence-corrected chi connectivity index (χ1v) is 4.88. The van der Waals surface area contributed by atoms with Crippen molar-refractivity contribution in [2.45, 2.75) is 45.8 Å². The number of β-lactam (4-membered cyclic amide) rings is 1. The predicted molar refractivity (Wildman–Crippen MR) is 51.6 cm³/mol. The van der Waals surface area contributed by atoms with E-state index in [0.29, 0.717) is 6.42 Å². The largest absolute Gasteiger partial charge is 0.458 e. The van der Waals surface area contributed by atoms with Crippen LogP contribution in [0.3, 0.4) is 0 Å². The third kappa shape index (κ3) is 2.25. The zero-order valence-electron chi connectivity index (χ0n) is 9.09. The minimum atomic E-state index is -0.490. The van der Waals surface area contributed by atoms with E-state index in [1.54, 1.807) is 0 Å². The zero-order chi connectivity index (χ0) is 10.9. The smallest absolute Gasteiger partial charge is 0.329 e. The van der Waals surface area contributed by atoms with Crippen LogP contribution in [0.15, 0.2) is 0 Å². The summed E-state index contributed by atoms with van der Waals surface area (Å²) in [5.74, 6) is -0.586. The molecule has 0 saturated carbocycles. The minimum Gasteiger partial charge on any atom is -0.458 e. The van der Waals surface area contributed by atoms with Crippen LogP contribution in [-0.2, 0) is 14.3 Å². The summed E-state index contributed by atoms with van der Waals surface area (Å²) in [4.78, 5) is 22.5. The van der Waals surface area contributed by atoms with Crippen LogP contribution in [0, 0.1) is 5.92 Å². The molecule has 0 aromatic heterocycles. The Kier molecular flexibility index (Phi) is 2.83. The SMILES string of the molecule is CC[C@@H]1C(=O)N[C@@H]1C(=O)OC(C)(C)C. The number of hydrogen-bond acceptors (Lipinski definition) is 3. The molecule has 1 aliphatic rings. The van der Waals surface area contributed by atoms with E-state index in [-0.39, 0.29) is 17.8 Å². The molecule has 0 bridgehead atoms. The fourth-order valence-electron chi connectivity index (χ4n) is 1.43. The molecule has 1 rings (SSSR count). The van der Waals surface area contributed by atoms with Crippen molar-refractivity contribution in [2.24, 2.45) is 5.92 Å². The number of carbonyl (C=O) groups excluding carboxylic acids is 2. The van der Waals surface area contributed by atoms with E-state index in [9.17, 15) is 9.59 Å². The van der Waals surface area contributed by atoms with Crippen molar-refractivity contribution >= 4 is 11.9 Å². The highest BCUT2D eigenvalue weighted by Crippen LogP contribution is 2.21. The third-order valence-electron chi connectivity index (χ3n) is 2.14. The van der Waals surface area contributed by atoms with E-state index in [1.807, 2.05) is 27.7 Å². The maximum atomic E-state index is 11.5. The maximum Gasteiger partial charge on any atom is 0.329 e. The molecule has 1 heterocycles. The topological polar surface area (TPSA) is 55.4 Å². The van der Waals surface area contributed by atoms with E-state index < -0.39 is 11.6 Å². The van der Waals surface area contributed by atoms with Crippen LogP contribution in [0.1, 0.15) is 34.1 Å². The van der Waals surface area contributed by atoms with Gasteiger partial charge in [-0.1, -0.05) is 6.92 Å². The Morgan fingerprint density at radius 3 is 2.43 bits per heavy atom. The average Bonchev–Trinajstić information content (AvgIpc) is 1.97. The number of ether oxygens (including phenoxy) is 1. The monoisotopic (exact) mass is 199 g/mol. The Morgan fingerprint density at radius 1 is 1.50 bits per heavy atom. The summed E-state index contributed by atoms with van der Waals surface area (Å²) in [6.07, 6.45) is 0.676. The number of hydrogen-bond donors (Lipinski definition) is 1. The van der Waals surface area contributed by atoms with Crippen LogP contribution in [0.2, 0.25) is 0 Å². The molecule has 1 N–H and O–H groups in total. The van der Waals surface area contributed by atoms with Crippen LogP contribution in [0.5, 0.6) is 0 Å². The molecule has 1 fully saturated rings. The number of carbonyl (C=O) groups is 2. The van der Waals surface area contributed by atoms with Crippen LogP contribution in [0.4, 0.5) is 0 Å². The first kappa shape index (κ1) is 11.0. The van der Waals surface area contributed by atoms with E-state index in [2.05, 4.69) is 5.32 Å². The van der Waals surface area contributed by atoms with E-state index in [1.165, 1.54) is 0 Å². The summed E-state index contributed by atoms with van der Waals surface area (Å²) in [7, 11) is 0. The van der Waals surface area contributed by atoms with Gasteiger partial charge in [-0.05, 0) is 27.2 Å². The summed E-state index contributed by atoms with van der Waals surface area (Å²) in [5, 5.41) is 2.55. The lowest BCUT2D eigenvalue weighted by atomic mass is 9.88. The maximum absolute atomic E-state index is 11.5. The molecule has 0 unspecified atom stereocenters. The Hall–Kier alpha value is -1.06. The van der Waals surface area contributed by atoms with Gasteiger partial charge in [0, 0.05) is 0 Å². The minimum absolute atomic E-state index is 0.0524. The number of amides is 1. The summed E-state index contributed by atoms with van der Waals surface area (Å²) in [6, 6.07) is -0.438. The van der Waals surface area contributed by atoms with Gasteiger partial charge >= 0.3 is 5.97 Å². The average molecular weight is 199 g/mol. The molecular formula is C10H17NO3. The van der Waals surface area contributed by atoms with Gasteiger partial charge in [0.1, 0.15) is 11.6 Å². The number of nitrogens with one attached hydrogen (secondary N) is 1. The zero-order valence-corrected chi connectivity index (χ0v) is 9.09. The molecule has 0 aliphatic carbocycles. The Balaban J connectivity index is 2.51. The molecule has 0 radical (unpaired) electrons. The first-order valence-electron chi connectivity index (χ1n) is 4.88. The Bertz CT molecular complexity index is 255. The highest BCUT2D eigenvalue weighted by atomic mass is 16.6. The predicted octanol–water partition coefficient (Wildman–Crippen LogP) is 0.853. The second-order valence-electron chi connectivity index (χ2n) is 4.53. The third-order valence-corrected chi connectivity index (χ3v) is 2.14. The molecule has 80 valence electrons. The summed E-state index contributed by atoms with van der Waals surface area (Å²) in [5.41, 5.74) is -0.490. The highest BCUT2D eigenvalue weighted by molar-refractivity contribution is 5.97. The normalized spacial score (nSPS) is 26.4. The lowest BCUT2D eigenvalue weighted by molar-refractivity contribution is -0.167. The molecule has 0 aromatic rings. The molecular weight excluding hydrogens is 182 g/mol. The molecule has 0 aromatic carbocycles. The summed E-state index contributed by atoms with van der Waals surface area (Å²) < 4.78 is 5.17. The van der Waals surface area contributed by atoms with Crippen molar-refractivity contribution in [3.63, 3.8) is 0 Å². The van der Waals surface area contributed by atoms with Gasteiger partial charge in [-0.2, -0.15) is 0 Å². The van der Waals surface area contributed by atoms with Crippen LogP contribution in [-0.4, -0.2) is 23.5 Å². The van der Waals surface area contributed by atoms with E-state index >= 15 is 0 Å². The fraction of sp³-hybridized carbons (Fsp3) is 0.800. The van der Waals surface area contributed by atoms with Crippen molar-refractivity contribution in [3.8, 4) is 0 Å². The highest BCUT2D eigenvalue weighted by Gasteiger charge is 2.44. The van der Waals surface area contributed by atoms with Crippen molar-refractivity contribution < 1.29 is 14.3 Å². The van der Waals surface area contributed by atoms with E-state index in [4.69, 9.17) is 4.74 Å². The van der Waals surface area contributed by atoms with Crippen molar-refractivity contribution in [1.82, 2.24) is 5.32 Å². The van der Waals surface area contributed by atoms with E-state index in [0.717, 1.165) is 0 Å². The van der Waals surface area contributed by atoms with Gasteiger partial charge in [-0.15, -0.1) is 0 Å². The quantitative estimate of drug-likeness (QED) is 0.530. The van der Waals surface area contributed by atoms with Gasteiger partial charge < -0.3 is 10.1 Å². The molecule has 2 atom stereocenters. The van der Waals surface area contributed by atoms with Gasteiger partial charge in [-0.25, -0.2) is 4.79 Å². The second kappa shape index (κ2) is 3.59. The standard InChI is InChI=1S/C10H17NO3/c1-5-6-7(11-8(6)12)9(13)14-10(2,3)4/h6-7H,5H2,1-4H3,(H,11,12)/t6-,7-/m0/s1. The van der Waals surface area contributed by atoms with Gasteiger partial charge in [0.25, 0.3) is 0 Å². The second-order valence-corrected chi connectivity index (χ2v) is 4.53. The van der Waals surface area contributed by atoms with Crippen molar-refractivity contribution in [3.05, 3.63) is 0 Å². The molecule has 1 saturated heterocycles. The van der Waals surface area contributed by atoms with Crippen molar-refractivity contribution in [1.29, 1.82) is 0 Å². The lowest BCUT2D eigenvalue weighted by Crippen LogP contribution is -2.62. The molecule has 14 heavy (non-hydrogen) atoms. The summed E-state index contributed by atoms with van der Waals surface area (Å²) >= 11 is 0. The van der Waals surface area contributed by atoms with Gasteiger partial charge in [-0.3, -0.25) is 4.79 Å². The van der Waals surface area contributed by atoms with Gasteiger partial charge in [0.2, 0.25) is 5.91 Å². The molecule has 4 nitrogen and oxygen atoms in total. The number of esters is 1. The molecule has 1 aliphatic heterocycles. The van der Waals surface area contributed by atoms with Gasteiger partial charge in [0.05, 0.1) is 5.92 Å². The van der Waals surface area contributed by atoms with Gasteiger partial charge in [0.15, 0.2) is 0 Å². The molecule has 1 amide bonds. The van der Waals surface area contributed by atoms with Crippen LogP contribution in [0.25, 0.3) is 0 Å². The van der Waals surface area contributed by atoms with Crippen molar-refractivity contribution in [2.75, 3.05) is 0 Å². The molecule has 0 spiro atoms. The molecule has 4 heteroatoms.